The van der Waals surface area contributed by atoms with Crippen molar-refractivity contribution in [2.24, 2.45) is 22.7 Å². The largest absolute Gasteiger partial charge is 0.369 e. The lowest BCUT2D eigenvalue weighted by atomic mass is 9.77. The van der Waals surface area contributed by atoms with Crippen LogP contribution in [0, 0.1) is 11.8 Å². The Labute approximate surface area is 201 Å². The van der Waals surface area contributed by atoms with Crippen molar-refractivity contribution in [1.82, 2.24) is 9.91 Å². The fourth-order valence-electron chi connectivity index (χ4n) is 5.58. The van der Waals surface area contributed by atoms with Crippen LogP contribution in [-0.2, 0) is 9.59 Å². The third-order valence-corrected chi connectivity index (χ3v) is 7.39. The van der Waals surface area contributed by atoms with Gasteiger partial charge < -0.3 is 5.73 Å². The zero-order valence-corrected chi connectivity index (χ0v) is 19.5. The molecule has 1 saturated heterocycles. The molecule has 0 aromatic heterocycles. The Morgan fingerprint density at radius 2 is 1.65 bits per heavy atom. The number of piperidine rings is 1. The molecule has 6 nitrogen and oxygen atoms in total. The van der Waals surface area contributed by atoms with E-state index in [1.54, 1.807) is 5.01 Å². The Morgan fingerprint density at radius 3 is 2.32 bits per heavy atom. The van der Waals surface area contributed by atoms with Crippen molar-refractivity contribution in [3.63, 3.8) is 0 Å². The second-order valence-corrected chi connectivity index (χ2v) is 9.61. The summed E-state index contributed by atoms with van der Waals surface area (Å²) in [6, 6.07) is 20.6. The topological polar surface area (TPSA) is 79.0 Å². The number of benzene rings is 2. The van der Waals surface area contributed by atoms with E-state index in [9.17, 15) is 9.59 Å². The Hall–Kier alpha value is -3.25. The molecule has 3 aliphatic rings. The van der Waals surface area contributed by atoms with Crippen LogP contribution in [0.5, 0.6) is 0 Å². The molecule has 176 valence electrons. The van der Waals surface area contributed by atoms with Crippen molar-refractivity contribution in [3.8, 4) is 0 Å². The maximum absolute atomic E-state index is 13.6. The quantitative estimate of drug-likeness (QED) is 0.738. The standard InChI is InChI=1S/C28H32N4O2/c29-28(34)22-14-16-31(17-15-22)19-25(33)32-27(21-10-5-2-6-11-21)24-13-7-12-23(26(24)30-32)18-20-8-3-1-4-9-20/h1-6,8-11,18,22,24,27H,7,12-17,19H2,(H2,29,34)/b23-18-. The first kappa shape index (κ1) is 22.5. The summed E-state index contributed by atoms with van der Waals surface area (Å²) < 4.78 is 0. The van der Waals surface area contributed by atoms with Gasteiger partial charge in [0.15, 0.2) is 0 Å². The van der Waals surface area contributed by atoms with Gasteiger partial charge in [0.05, 0.1) is 18.3 Å². The minimum absolute atomic E-state index is 0.0207. The number of carbonyl (C=O) groups excluding carboxylic acids is 2. The summed E-state index contributed by atoms with van der Waals surface area (Å²) in [4.78, 5) is 27.2. The van der Waals surface area contributed by atoms with Crippen molar-refractivity contribution >= 4 is 23.6 Å². The van der Waals surface area contributed by atoms with Crippen LogP contribution >= 0.6 is 0 Å². The lowest BCUT2D eigenvalue weighted by Crippen LogP contribution is -2.44. The van der Waals surface area contributed by atoms with Gasteiger partial charge in [-0.15, -0.1) is 0 Å². The van der Waals surface area contributed by atoms with Gasteiger partial charge in [-0.25, -0.2) is 5.01 Å². The second kappa shape index (κ2) is 9.94. The normalized spacial score (nSPS) is 24.6. The van der Waals surface area contributed by atoms with Gasteiger partial charge in [0.25, 0.3) is 5.91 Å². The Kier molecular flexibility index (Phi) is 6.59. The molecule has 2 heterocycles. The first-order valence-corrected chi connectivity index (χ1v) is 12.3. The number of allylic oxidation sites excluding steroid dienone is 1. The molecular formula is C28H32N4O2. The summed E-state index contributed by atoms with van der Waals surface area (Å²) in [7, 11) is 0. The molecule has 0 radical (unpaired) electrons. The molecule has 6 heteroatoms. The van der Waals surface area contributed by atoms with E-state index in [4.69, 9.17) is 10.8 Å². The van der Waals surface area contributed by atoms with Gasteiger partial charge in [-0.2, -0.15) is 5.10 Å². The molecule has 0 bridgehead atoms. The number of hydrazone groups is 1. The van der Waals surface area contributed by atoms with Crippen molar-refractivity contribution < 1.29 is 9.59 Å². The van der Waals surface area contributed by atoms with Crippen LogP contribution in [0.2, 0.25) is 0 Å². The van der Waals surface area contributed by atoms with Gasteiger partial charge in [0.1, 0.15) is 0 Å². The van der Waals surface area contributed by atoms with Gasteiger partial charge in [0.2, 0.25) is 5.91 Å². The summed E-state index contributed by atoms with van der Waals surface area (Å²) in [6.45, 7) is 1.74. The van der Waals surface area contributed by atoms with E-state index in [0.717, 1.165) is 30.5 Å². The Bertz CT molecular complexity index is 1090. The second-order valence-electron chi connectivity index (χ2n) is 9.61. The van der Waals surface area contributed by atoms with E-state index in [1.165, 1.54) is 11.1 Å². The molecule has 34 heavy (non-hydrogen) atoms. The molecule has 2 aliphatic heterocycles. The fraction of sp³-hybridized carbons (Fsp3) is 0.393. The number of nitrogens with zero attached hydrogens (tertiary/aromatic N) is 3. The number of fused-ring (bicyclic) bond motifs is 1. The van der Waals surface area contributed by atoms with Gasteiger partial charge in [-0.1, -0.05) is 60.7 Å². The molecule has 2 atom stereocenters. The molecule has 5 rings (SSSR count). The summed E-state index contributed by atoms with van der Waals surface area (Å²) >= 11 is 0. The molecule has 2 unspecified atom stereocenters. The summed E-state index contributed by atoms with van der Waals surface area (Å²) in [5.74, 6) is -0.0881. The zero-order chi connectivity index (χ0) is 23.5. The first-order valence-electron chi connectivity index (χ1n) is 12.3. The summed E-state index contributed by atoms with van der Waals surface area (Å²) in [5.41, 5.74) is 10.1. The van der Waals surface area contributed by atoms with Crippen molar-refractivity contribution in [1.29, 1.82) is 0 Å². The minimum Gasteiger partial charge on any atom is -0.369 e. The molecule has 1 aliphatic carbocycles. The predicted molar refractivity (Wildman–Crippen MR) is 134 cm³/mol. The number of hydrogen-bond acceptors (Lipinski definition) is 4. The smallest absolute Gasteiger partial charge is 0.257 e. The molecule has 2 fully saturated rings. The van der Waals surface area contributed by atoms with Crippen LogP contribution in [-0.4, -0.2) is 47.1 Å². The minimum atomic E-state index is -0.233. The summed E-state index contributed by atoms with van der Waals surface area (Å²) in [5, 5.41) is 6.74. The number of carbonyl (C=O) groups is 2. The highest BCUT2D eigenvalue weighted by molar-refractivity contribution is 6.08. The molecule has 2 aromatic rings. The average molecular weight is 457 g/mol. The van der Waals surface area contributed by atoms with E-state index in [0.29, 0.717) is 32.5 Å². The summed E-state index contributed by atoms with van der Waals surface area (Å²) in [6.07, 6.45) is 6.76. The van der Waals surface area contributed by atoms with Crippen LogP contribution in [0.25, 0.3) is 6.08 Å². The number of likely N-dealkylation sites (tertiary alicyclic amines) is 1. The molecule has 2 aromatic carbocycles. The van der Waals surface area contributed by atoms with Crippen molar-refractivity contribution in [2.45, 2.75) is 38.1 Å². The zero-order valence-electron chi connectivity index (χ0n) is 19.5. The molecule has 1 saturated carbocycles. The van der Waals surface area contributed by atoms with Crippen LogP contribution < -0.4 is 5.73 Å². The SMILES string of the molecule is NC(=O)C1CCN(CC(=O)N2N=C3/C(=C\c4ccccc4)CCCC3C2c2ccccc2)CC1. The third kappa shape index (κ3) is 4.68. The molecule has 2 N–H and O–H groups in total. The Morgan fingerprint density at radius 1 is 0.971 bits per heavy atom. The van der Waals surface area contributed by atoms with E-state index in [2.05, 4.69) is 35.2 Å². The number of nitrogens with two attached hydrogens (primary N) is 1. The van der Waals surface area contributed by atoms with Crippen molar-refractivity contribution in [2.75, 3.05) is 19.6 Å². The van der Waals surface area contributed by atoms with Crippen LogP contribution in [0.1, 0.15) is 49.3 Å². The van der Waals surface area contributed by atoms with Gasteiger partial charge in [0, 0.05) is 11.8 Å². The van der Waals surface area contributed by atoms with Crippen molar-refractivity contribution in [3.05, 3.63) is 77.4 Å². The van der Waals surface area contributed by atoms with E-state index in [1.807, 2.05) is 36.4 Å². The lowest BCUT2D eigenvalue weighted by Gasteiger charge is -2.33. The Balaban J connectivity index is 1.41. The number of hydrogen-bond donors (Lipinski definition) is 1. The average Bonchev–Trinajstić information content (AvgIpc) is 3.26. The number of amides is 2. The maximum atomic E-state index is 13.6. The number of primary amides is 1. The highest BCUT2D eigenvalue weighted by atomic mass is 16.2. The van der Waals surface area contributed by atoms with Gasteiger partial charge in [-0.3, -0.25) is 14.5 Å². The van der Waals surface area contributed by atoms with E-state index in [-0.39, 0.29) is 29.7 Å². The third-order valence-electron chi connectivity index (χ3n) is 7.39. The van der Waals surface area contributed by atoms with Gasteiger partial charge >= 0.3 is 0 Å². The first-order chi connectivity index (χ1) is 16.6. The number of rotatable bonds is 5. The van der Waals surface area contributed by atoms with Crippen LogP contribution in [0.4, 0.5) is 0 Å². The lowest BCUT2D eigenvalue weighted by molar-refractivity contribution is -0.135. The van der Waals surface area contributed by atoms with E-state index >= 15 is 0 Å². The maximum Gasteiger partial charge on any atom is 0.257 e. The monoisotopic (exact) mass is 456 g/mol. The van der Waals surface area contributed by atoms with Gasteiger partial charge in [-0.05, 0) is 68.0 Å². The van der Waals surface area contributed by atoms with E-state index < -0.39 is 0 Å². The molecular weight excluding hydrogens is 424 g/mol. The predicted octanol–water partition coefficient (Wildman–Crippen LogP) is 4.01. The highest BCUT2D eigenvalue weighted by Gasteiger charge is 2.44. The van der Waals surface area contributed by atoms with Crippen LogP contribution in [0.15, 0.2) is 71.3 Å². The fourth-order valence-corrected chi connectivity index (χ4v) is 5.58. The highest BCUT2D eigenvalue weighted by Crippen LogP contribution is 2.44. The molecule has 2 amide bonds. The van der Waals surface area contributed by atoms with Crippen LogP contribution in [0.3, 0.4) is 0 Å². The molecule has 0 spiro atoms.